The summed E-state index contributed by atoms with van der Waals surface area (Å²) < 4.78 is 26.8. The Morgan fingerprint density at radius 2 is 1.84 bits per heavy atom. The molecular formula is C17H26ClN3O3S. The molecule has 0 unspecified atom stereocenters. The molecule has 1 amide bonds. The topological polar surface area (TPSA) is 69.7 Å². The van der Waals surface area contributed by atoms with E-state index in [2.05, 4.69) is 5.32 Å². The van der Waals surface area contributed by atoms with Gasteiger partial charge in [0, 0.05) is 44.7 Å². The van der Waals surface area contributed by atoms with E-state index in [9.17, 15) is 13.2 Å². The summed E-state index contributed by atoms with van der Waals surface area (Å²) in [6.07, 6.45) is 2.88. The van der Waals surface area contributed by atoms with Crippen molar-refractivity contribution in [2.24, 2.45) is 5.92 Å². The first kappa shape index (κ1) is 20.2. The second-order valence-electron chi connectivity index (χ2n) is 6.48. The zero-order valence-corrected chi connectivity index (χ0v) is 16.3. The van der Waals surface area contributed by atoms with Gasteiger partial charge in [0.1, 0.15) is 0 Å². The SMILES string of the molecule is CN(C)S(=O)(=O)N1CCC(C(=O)NCCCc2ccc(Cl)cc2)CC1. The molecule has 140 valence electrons. The van der Waals surface area contributed by atoms with E-state index < -0.39 is 10.2 Å². The molecule has 25 heavy (non-hydrogen) atoms. The number of carbonyl (C=O) groups excluding carboxylic acids is 1. The van der Waals surface area contributed by atoms with Crippen LogP contribution >= 0.6 is 11.6 Å². The van der Waals surface area contributed by atoms with Crippen LogP contribution < -0.4 is 5.32 Å². The molecule has 1 saturated heterocycles. The van der Waals surface area contributed by atoms with E-state index in [-0.39, 0.29) is 11.8 Å². The zero-order valence-electron chi connectivity index (χ0n) is 14.7. The van der Waals surface area contributed by atoms with Crippen LogP contribution in [0.25, 0.3) is 0 Å². The van der Waals surface area contributed by atoms with Crippen molar-refractivity contribution in [2.45, 2.75) is 25.7 Å². The van der Waals surface area contributed by atoms with Gasteiger partial charge in [0.2, 0.25) is 5.91 Å². The Kier molecular flexibility index (Phi) is 7.25. The van der Waals surface area contributed by atoms with Crippen molar-refractivity contribution < 1.29 is 13.2 Å². The smallest absolute Gasteiger partial charge is 0.281 e. The minimum atomic E-state index is -3.38. The maximum atomic E-state index is 12.2. The molecule has 6 nitrogen and oxygen atoms in total. The Morgan fingerprint density at radius 1 is 1.24 bits per heavy atom. The normalized spacial score (nSPS) is 17.0. The fourth-order valence-corrected chi connectivity index (χ4v) is 4.14. The summed E-state index contributed by atoms with van der Waals surface area (Å²) in [6, 6.07) is 7.71. The third-order valence-electron chi connectivity index (χ3n) is 4.47. The number of hydrogen-bond donors (Lipinski definition) is 1. The summed E-state index contributed by atoms with van der Waals surface area (Å²) in [5.74, 6) is -0.0813. The Balaban J connectivity index is 1.69. The molecule has 0 aromatic heterocycles. The van der Waals surface area contributed by atoms with Gasteiger partial charge in [-0.2, -0.15) is 17.0 Å². The summed E-state index contributed by atoms with van der Waals surface area (Å²) in [4.78, 5) is 12.2. The molecule has 1 aliphatic heterocycles. The number of aryl methyl sites for hydroxylation is 1. The Hall–Kier alpha value is -1.15. The monoisotopic (exact) mass is 387 g/mol. The van der Waals surface area contributed by atoms with E-state index in [0.717, 1.165) is 17.9 Å². The van der Waals surface area contributed by atoms with Crippen LogP contribution in [0, 0.1) is 5.92 Å². The van der Waals surface area contributed by atoms with Crippen LogP contribution in [-0.4, -0.2) is 56.7 Å². The van der Waals surface area contributed by atoms with E-state index >= 15 is 0 Å². The zero-order chi connectivity index (χ0) is 18.4. The first-order valence-corrected chi connectivity index (χ1v) is 10.3. The van der Waals surface area contributed by atoms with Crippen molar-refractivity contribution in [1.29, 1.82) is 0 Å². The Bertz CT molecular complexity index is 669. The molecule has 1 N–H and O–H groups in total. The van der Waals surface area contributed by atoms with Crippen molar-refractivity contribution in [3.63, 3.8) is 0 Å². The average molecular weight is 388 g/mol. The highest BCUT2D eigenvalue weighted by Crippen LogP contribution is 2.20. The standard InChI is InChI=1S/C17H26ClN3O3S/c1-20(2)25(23,24)21-12-9-15(10-13-21)17(22)19-11-3-4-14-5-7-16(18)8-6-14/h5-8,15H,3-4,9-13H2,1-2H3,(H,19,22). The van der Waals surface area contributed by atoms with Gasteiger partial charge in [-0.3, -0.25) is 4.79 Å². The van der Waals surface area contributed by atoms with E-state index in [0.29, 0.717) is 32.5 Å². The first-order chi connectivity index (χ1) is 11.8. The quantitative estimate of drug-likeness (QED) is 0.726. The minimum Gasteiger partial charge on any atom is -0.356 e. The van der Waals surface area contributed by atoms with Gasteiger partial charge in [-0.1, -0.05) is 23.7 Å². The number of nitrogens with zero attached hydrogens (tertiary/aromatic N) is 2. The molecule has 1 fully saturated rings. The molecule has 0 bridgehead atoms. The van der Waals surface area contributed by atoms with E-state index in [1.165, 1.54) is 28.3 Å². The van der Waals surface area contributed by atoms with E-state index in [4.69, 9.17) is 11.6 Å². The van der Waals surface area contributed by atoms with Crippen LogP contribution in [0.2, 0.25) is 5.02 Å². The fraction of sp³-hybridized carbons (Fsp3) is 0.588. The molecule has 8 heteroatoms. The van der Waals surface area contributed by atoms with Gasteiger partial charge in [0.15, 0.2) is 0 Å². The molecule has 0 saturated carbocycles. The van der Waals surface area contributed by atoms with Gasteiger partial charge in [-0.05, 0) is 43.4 Å². The molecule has 1 heterocycles. The number of halogens is 1. The average Bonchev–Trinajstić information content (AvgIpc) is 2.60. The maximum Gasteiger partial charge on any atom is 0.281 e. The highest BCUT2D eigenvalue weighted by molar-refractivity contribution is 7.86. The number of rotatable bonds is 7. The highest BCUT2D eigenvalue weighted by atomic mass is 35.5. The minimum absolute atomic E-state index is 0.0259. The molecule has 0 radical (unpaired) electrons. The van der Waals surface area contributed by atoms with Crippen LogP contribution in [0.5, 0.6) is 0 Å². The summed E-state index contributed by atoms with van der Waals surface area (Å²) >= 11 is 5.86. The van der Waals surface area contributed by atoms with Crippen LogP contribution in [-0.2, 0) is 21.4 Å². The van der Waals surface area contributed by atoms with Crippen molar-refractivity contribution >= 4 is 27.7 Å². The fourth-order valence-electron chi connectivity index (χ4n) is 2.88. The third-order valence-corrected chi connectivity index (χ3v) is 6.66. The third kappa shape index (κ3) is 5.67. The summed E-state index contributed by atoms with van der Waals surface area (Å²) in [7, 11) is -0.333. The molecular weight excluding hydrogens is 362 g/mol. The lowest BCUT2D eigenvalue weighted by atomic mass is 9.97. The van der Waals surface area contributed by atoms with Crippen LogP contribution in [0.3, 0.4) is 0 Å². The Labute approximate surface area is 155 Å². The van der Waals surface area contributed by atoms with E-state index in [1.54, 1.807) is 0 Å². The number of hydrogen-bond acceptors (Lipinski definition) is 3. The van der Waals surface area contributed by atoms with Gasteiger partial charge in [-0.15, -0.1) is 0 Å². The molecule has 0 spiro atoms. The predicted molar refractivity (Wildman–Crippen MR) is 99.7 cm³/mol. The first-order valence-electron chi connectivity index (χ1n) is 8.50. The summed E-state index contributed by atoms with van der Waals surface area (Å²) in [5, 5.41) is 3.69. The van der Waals surface area contributed by atoms with Gasteiger partial charge in [-0.25, -0.2) is 0 Å². The number of benzene rings is 1. The van der Waals surface area contributed by atoms with Crippen molar-refractivity contribution in [2.75, 3.05) is 33.7 Å². The maximum absolute atomic E-state index is 12.2. The van der Waals surface area contributed by atoms with E-state index in [1.807, 2.05) is 24.3 Å². The second-order valence-corrected chi connectivity index (χ2v) is 9.06. The van der Waals surface area contributed by atoms with Gasteiger partial charge in [0.05, 0.1) is 0 Å². The molecule has 2 rings (SSSR count). The van der Waals surface area contributed by atoms with Crippen LogP contribution in [0.4, 0.5) is 0 Å². The Morgan fingerprint density at radius 3 is 2.40 bits per heavy atom. The summed E-state index contributed by atoms with van der Waals surface area (Å²) in [6.45, 7) is 1.41. The second kappa shape index (κ2) is 8.98. The molecule has 1 aromatic carbocycles. The lowest BCUT2D eigenvalue weighted by Crippen LogP contribution is -2.46. The number of amides is 1. The van der Waals surface area contributed by atoms with Gasteiger partial charge >= 0.3 is 0 Å². The number of nitrogens with one attached hydrogen (secondary N) is 1. The highest BCUT2D eigenvalue weighted by Gasteiger charge is 2.31. The molecule has 1 aromatic rings. The largest absolute Gasteiger partial charge is 0.356 e. The van der Waals surface area contributed by atoms with Gasteiger partial charge < -0.3 is 5.32 Å². The number of carbonyl (C=O) groups is 1. The lowest BCUT2D eigenvalue weighted by molar-refractivity contribution is -0.126. The molecule has 0 aliphatic carbocycles. The number of piperidine rings is 1. The van der Waals surface area contributed by atoms with Crippen molar-refractivity contribution in [3.05, 3.63) is 34.9 Å². The van der Waals surface area contributed by atoms with Crippen molar-refractivity contribution in [3.8, 4) is 0 Å². The van der Waals surface area contributed by atoms with Gasteiger partial charge in [0.25, 0.3) is 10.2 Å². The lowest BCUT2D eigenvalue weighted by Gasteiger charge is -2.32. The molecule has 0 atom stereocenters. The molecule has 1 aliphatic rings. The van der Waals surface area contributed by atoms with Crippen LogP contribution in [0.15, 0.2) is 24.3 Å². The predicted octanol–water partition coefficient (Wildman–Crippen LogP) is 1.91. The van der Waals surface area contributed by atoms with Crippen LogP contribution in [0.1, 0.15) is 24.8 Å². The van der Waals surface area contributed by atoms with Crippen molar-refractivity contribution in [1.82, 2.24) is 13.9 Å². The summed E-state index contributed by atoms with van der Waals surface area (Å²) in [5.41, 5.74) is 1.20.